The highest BCUT2D eigenvalue weighted by molar-refractivity contribution is 6.11. The Hall–Kier alpha value is -3.58. The van der Waals surface area contributed by atoms with Gasteiger partial charge < -0.3 is 19.8 Å². The number of para-hydroxylation sites is 1. The molecule has 0 saturated carbocycles. The number of hydrogen-bond donors (Lipinski definition) is 2. The zero-order valence-electron chi connectivity index (χ0n) is 18.9. The van der Waals surface area contributed by atoms with Crippen LogP contribution in [0.15, 0.2) is 60.9 Å². The van der Waals surface area contributed by atoms with Crippen LogP contribution in [0, 0.1) is 5.92 Å². The molecule has 4 heterocycles. The van der Waals surface area contributed by atoms with Gasteiger partial charge in [0.15, 0.2) is 11.5 Å². The number of ether oxygens (including phenoxy) is 1. The standard InChI is InChI=1S/C27H27N3O4/c31-23-12-21-25(13-24(23)32)34-17-27(21)20-5-1-2-6-22(20)30(26(27)33)16-18-7-10-29(11-8-18)15-19-4-3-9-28-14-19/h1-6,9,12-14,18,31-32H,7-8,10-11,15-17H2. The number of nitrogens with zero attached hydrogens (tertiary/aromatic N) is 3. The fourth-order valence-corrected chi connectivity index (χ4v) is 5.72. The molecule has 7 nitrogen and oxygen atoms in total. The Bertz CT molecular complexity index is 1240. The number of pyridine rings is 1. The van der Waals surface area contributed by atoms with Crippen LogP contribution in [-0.2, 0) is 16.8 Å². The van der Waals surface area contributed by atoms with Gasteiger partial charge in [-0.25, -0.2) is 0 Å². The number of carbonyl (C=O) groups is 1. The zero-order valence-corrected chi connectivity index (χ0v) is 18.9. The molecule has 0 radical (unpaired) electrons. The number of carbonyl (C=O) groups excluding carboxylic acids is 1. The van der Waals surface area contributed by atoms with Gasteiger partial charge in [-0.3, -0.25) is 14.7 Å². The second-order valence-electron chi connectivity index (χ2n) is 9.54. The zero-order chi connectivity index (χ0) is 23.3. The van der Waals surface area contributed by atoms with Gasteiger partial charge in [0.25, 0.3) is 0 Å². The topological polar surface area (TPSA) is 86.1 Å². The number of amides is 1. The van der Waals surface area contributed by atoms with Crippen molar-refractivity contribution in [3.05, 3.63) is 77.6 Å². The second kappa shape index (κ2) is 8.02. The lowest BCUT2D eigenvalue weighted by atomic mass is 9.77. The summed E-state index contributed by atoms with van der Waals surface area (Å²) in [6.07, 6.45) is 5.78. The third-order valence-electron chi connectivity index (χ3n) is 7.52. The fraction of sp³-hybridized carbons (Fsp3) is 0.333. The quantitative estimate of drug-likeness (QED) is 0.584. The summed E-state index contributed by atoms with van der Waals surface area (Å²) in [5.41, 5.74) is 2.67. The summed E-state index contributed by atoms with van der Waals surface area (Å²) in [5.74, 6) is 0.351. The number of anilines is 1. The van der Waals surface area contributed by atoms with Crippen molar-refractivity contribution in [1.82, 2.24) is 9.88 Å². The molecule has 2 N–H and O–H groups in total. The van der Waals surface area contributed by atoms with Crippen molar-refractivity contribution in [2.45, 2.75) is 24.8 Å². The van der Waals surface area contributed by atoms with Gasteiger partial charge in [0.05, 0.1) is 0 Å². The SMILES string of the molecule is O=C1N(CC2CCN(Cc3cccnc3)CC2)c2ccccc2C12COc1cc(O)c(O)cc12. The van der Waals surface area contributed by atoms with Gasteiger partial charge in [-0.1, -0.05) is 24.3 Å². The van der Waals surface area contributed by atoms with E-state index in [0.717, 1.165) is 43.7 Å². The Morgan fingerprint density at radius 2 is 1.82 bits per heavy atom. The predicted octanol–water partition coefficient (Wildman–Crippen LogP) is 3.43. The Kier molecular flexibility index (Phi) is 4.95. The van der Waals surface area contributed by atoms with E-state index in [1.54, 1.807) is 6.20 Å². The number of piperidine rings is 1. The molecule has 7 heteroatoms. The van der Waals surface area contributed by atoms with Crippen LogP contribution >= 0.6 is 0 Å². The van der Waals surface area contributed by atoms with Crippen LogP contribution in [-0.4, -0.2) is 52.2 Å². The molecule has 2 aromatic carbocycles. The number of aromatic nitrogens is 1. The van der Waals surface area contributed by atoms with Crippen LogP contribution in [0.5, 0.6) is 17.2 Å². The van der Waals surface area contributed by atoms with Crippen molar-refractivity contribution in [3.63, 3.8) is 0 Å². The highest BCUT2D eigenvalue weighted by Crippen LogP contribution is 2.54. The van der Waals surface area contributed by atoms with E-state index in [4.69, 9.17) is 4.74 Å². The number of rotatable bonds is 4. The summed E-state index contributed by atoms with van der Waals surface area (Å²) in [7, 11) is 0. The third-order valence-corrected chi connectivity index (χ3v) is 7.52. The van der Waals surface area contributed by atoms with E-state index in [2.05, 4.69) is 16.0 Å². The molecule has 34 heavy (non-hydrogen) atoms. The van der Waals surface area contributed by atoms with Crippen molar-refractivity contribution in [2.24, 2.45) is 5.92 Å². The fourth-order valence-electron chi connectivity index (χ4n) is 5.72. The van der Waals surface area contributed by atoms with Gasteiger partial charge in [0.1, 0.15) is 17.8 Å². The highest BCUT2D eigenvalue weighted by Gasteiger charge is 2.57. The summed E-state index contributed by atoms with van der Waals surface area (Å²) in [6.45, 7) is 3.72. The average molecular weight is 458 g/mol. The number of benzene rings is 2. The number of fused-ring (bicyclic) bond motifs is 4. The van der Waals surface area contributed by atoms with E-state index < -0.39 is 5.41 Å². The number of aromatic hydroxyl groups is 2. The molecule has 1 spiro atoms. The van der Waals surface area contributed by atoms with Crippen molar-refractivity contribution in [2.75, 3.05) is 31.1 Å². The minimum absolute atomic E-state index is 0.0182. The molecule has 0 bridgehead atoms. The second-order valence-corrected chi connectivity index (χ2v) is 9.54. The lowest BCUT2D eigenvalue weighted by Crippen LogP contribution is -2.45. The molecular weight excluding hydrogens is 430 g/mol. The molecule has 1 saturated heterocycles. The Morgan fingerprint density at radius 1 is 1.03 bits per heavy atom. The maximum atomic E-state index is 14.0. The van der Waals surface area contributed by atoms with Crippen LogP contribution in [0.3, 0.4) is 0 Å². The van der Waals surface area contributed by atoms with E-state index in [-0.39, 0.29) is 24.0 Å². The first kappa shape index (κ1) is 21.0. The summed E-state index contributed by atoms with van der Waals surface area (Å²) in [6, 6.07) is 14.8. The molecule has 1 aromatic heterocycles. The van der Waals surface area contributed by atoms with Crippen LogP contribution < -0.4 is 9.64 Å². The van der Waals surface area contributed by atoms with Gasteiger partial charge in [-0.05, 0) is 61.2 Å². The Balaban J connectivity index is 1.23. The Morgan fingerprint density at radius 3 is 2.62 bits per heavy atom. The molecule has 174 valence electrons. The molecule has 3 aromatic rings. The van der Waals surface area contributed by atoms with Gasteiger partial charge in [0, 0.05) is 42.8 Å². The van der Waals surface area contributed by atoms with Gasteiger partial charge in [-0.2, -0.15) is 0 Å². The van der Waals surface area contributed by atoms with Crippen LogP contribution in [0.2, 0.25) is 0 Å². The summed E-state index contributed by atoms with van der Waals surface area (Å²) in [5, 5.41) is 20.1. The monoisotopic (exact) mass is 457 g/mol. The highest BCUT2D eigenvalue weighted by atomic mass is 16.5. The number of hydrogen-bond acceptors (Lipinski definition) is 6. The number of likely N-dealkylation sites (tertiary alicyclic amines) is 1. The normalized spacial score (nSPS) is 22.1. The van der Waals surface area contributed by atoms with E-state index in [1.165, 1.54) is 17.7 Å². The maximum Gasteiger partial charge on any atom is 0.245 e. The molecule has 6 rings (SSSR count). The predicted molar refractivity (Wildman–Crippen MR) is 127 cm³/mol. The average Bonchev–Trinajstić information content (AvgIpc) is 3.33. The molecule has 1 fully saturated rings. The number of phenolic OH excluding ortho intramolecular Hbond substituents is 2. The van der Waals surface area contributed by atoms with Crippen molar-refractivity contribution >= 4 is 11.6 Å². The first-order valence-corrected chi connectivity index (χ1v) is 11.8. The maximum absolute atomic E-state index is 14.0. The van der Waals surface area contributed by atoms with E-state index in [9.17, 15) is 15.0 Å². The summed E-state index contributed by atoms with van der Waals surface area (Å²) in [4.78, 5) is 22.6. The van der Waals surface area contributed by atoms with E-state index in [1.807, 2.05) is 41.4 Å². The first-order chi connectivity index (χ1) is 16.6. The van der Waals surface area contributed by atoms with Gasteiger partial charge in [0.2, 0.25) is 5.91 Å². The van der Waals surface area contributed by atoms with Crippen molar-refractivity contribution < 1.29 is 19.7 Å². The van der Waals surface area contributed by atoms with Gasteiger partial charge in [-0.15, -0.1) is 0 Å². The smallest absolute Gasteiger partial charge is 0.245 e. The van der Waals surface area contributed by atoms with Crippen molar-refractivity contribution in [3.8, 4) is 17.2 Å². The largest absolute Gasteiger partial charge is 0.504 e. The molecule has 3 aliphatic rings. The minimum atomic E-state index is -0.988. The van der Waals surface area contributed by atoms with Crippen LogP contribution in [0.4, 0.5) is 5.69 Å². The molecule has 1 amide bonds. The minimum Gasteiger partial charge on any atom is -0.504 e. The van der Waals surface area contributed by atoms with Gasteiger partial charge >= 0.3 is 0 Å². The molecule has 1 atom stereocenters. The van der Waals surface area contributed by atoms with E-state index >= 15 is 0 Å². The summed E-state index contributed by atoms with van der Waals surface area (Å²) < 4.78 is 5.88. The lowest BCUT2D eigenvalue weighted by molar-refractivity contribution is -0.122. The molecule has 0 aliphatic carbocycles. The Labute approximate surface area is 198 Å². The van der Waals surface area contributed by atoms with Crippen LogP contribution in [0.1, 0.15) is 29.5 Å². The molecule has 3 aliphatic heterocycles. The third kappa shape index (κ3) is 3.22. The molecular formula is C27H27N3O4. The summed E-state index contributed by atoms with van der Waals surface area (Å²) >= 11 is 0. The molecule has 1 unspecified atom stereocenters. The van der Waals surface area contributed by atoms with Crippen LogP contribution in [0.25, 0.3) is 0 Å². The first-order valence-electron chi connectivity index (χ1n) is 11.8. The van der Waals surface area contributed by atoms with E-state index in [0.29, 0.717) is 23.8 Å². The number of phenols is 2. The lowest BCUT2D eigenvalue weighted by Gasteiger charge is -2.34. The van der Waals surface area contributed by atoms with Crippen molar-refractivity contribution in [1.29, 1.82) is 0 Å².